The molecule has 0 amide bonds. The van der Waals surface area contributed by atoms with Gasteiger partial charge in [0.25, 0.3) is 3.79 Å². The molecule has 1 N–H and O–H groups in total. The van der Waals surface area contributed by atoms with Crippen LogP contribution in [0.15, 0.2) is 12.7 Å². The molecule has 0 rings (SSSR count). The van der Waals surface area contributed by atoms with Crippen molar-refractivity contribution in [3.05, 3.63) is 12.7 Å². The van der Waals surface area contributed by atoms with Gasteiger partial charge in [-0.1, -0.05) is 41.4 Å². The Morgan fingerprint density at radius 2 is 2.11 bits per heavy atom. The summed E-state index contributed by atoms with van der Waals surface area (Å²) in [5.41, 5.74) is 0. The number of unbranched alkanes of at least 4 members (excludes halogenated alkanes) is 2. The molecular formula is C12H16Cl3NO2. The number of hydrogen-bond acceptors (Lipinski definition) is 3. The van der Waals surface area contributed by atoms with Crippen molar-refractivity contribution in [3.8, 4) is 12.3 Å². The van der Waals surface area contributed by atoms with E-state index in [1.807, 2.05) is 0 Å². The summed E-state index contributed by atoms with van der Waals surface area (Å²) in [5, 5.41) is 7.40. The van der Waals surface area contributed by atoms with Gasteiger partial charge in [0.1, 0.15) is 6.10 Å². The number of rotatable bonds is 8. The molecular weight excluding hydrogens is 296 g/mol. The highest BCUT2D eigenvalue weighted by atomic mass is 35.6. The number of nitrogens with one attached hydrogen (secondary N) is 1. The van der Waals surface area contributed by atoms with Gasteiger partial charge in [0.15, 0.2) is 0 Å². The van der Waals surface area contributed by atoms with Crippen LogP contribution in [0.2, 0.25) is 0 Å². The maximum absolute atomic E-state index is 7.40. The molecule has 0 fully saturated rings. The van der Waals surface area contributed by atoms with E-state index in [2.05, 4.69) is 12.5 Å². The second kappa shape index (κ2) is 9.52. The minimum Gasteiger partial charge on any atom is -0.468 e. The van der Waals surface area contributed by atoms with Crippen LogP contribution < -0.4 is 0 Å². The Morgan fingerprint density at radius 3 is 2.61 bits per heavy atom. The Kier molecular flexibility index (Phi) is 9.31. The summed E-state index contributed by atoms with van der Waals surface area (Å²) in [6.45, 7) is 4.39. The van der Waals surface area contributed by atoms with Crippen LogP contribution in [-0.2, 0) is 9.47 Å². The minimum atomic E-state index is -1.87. The Hall–Kier alpha value is -0.400. The molecule has 0 bridgehead atoms. The molecule has 0 aliphatic rings. The lowest BCUT2D eigenvalue weighted by Gasteiger charge is -2.19. The molecule has 0 saturated heterocycles. The molecule has 0 saturated carbocycles. The largest absolute Gasteiger partial charge is 0.468 e. The van der Waals surface area contributed by atoms with E-state index in [1.165, 1.54) is 6.08 Å². The SMILES string of the molecule is C#CCCCCOCC(C=C)OC(=N)C(Cl)(Cl)Cl. The second-order valence-corrected chi connectivity index (χ2v) is 5.74. The third-order valence-corrected chi connectivity index (χ3v) is 2.45. The zero-order chi connectivity index (χ0) is 14.0. The molecule has 1 unspecified atom stereocenters. The Labute approximate surface area is 123 Å². The number of hydrogen-bond donors (Lipinski definition) is 1. The molecule has 0 aromatic carbocycles. The van der Waals surface area contributed by atoms with Crippen LogP contribution in [-0.4, -0.2) is 29.0 Å². The van der Waals surface area contributed by atoms with E-state index in [-0.39, 0.29) is 6.61 Å². The monoisotopic (exact) mass is 311 g/mol. The third-order valence-electron chi connectivity index (χ3n) is 1.93. The van der Waals surface area contributed by atoms with E-state index in [0.717, 1.165) is 19.3 Å². The number of halogens is 3. The smallest absolute Gasteiger partial charge is 0.265 e. The molecule has 0 aliphatic carbocycles. The lowest BCUT2D eigenvalue weighted by atomic mass is 10.2. The lowest BCUT2D eigenvalue weighted by Crippen LogP contribution is -2.28. The van der Waals surface area contributed by atoms with E-state index in [4.69, 9.17) is 56.1 Å². The predicted molar refractivity (Wildman–Crippen MR) is 76.6 cm³/mol. The molecule has 0 radical (unpaired) electrons. The van der Waals surface area contributed by atoms with Crippen molar-refractivity contribution in [1.29, 1.82) is 5.41 Å². The molecule has 1 atom stereocenters. The standard InChI is InChI=1S/C12H16Cl3NO2/c1-3-5-6-7-8-17-9-10(4-2)18-11(16)12(13,14)15/h1,4,10,16H,2,5-9H2. The van der Waals surface area contributed by atoms with E-state index >= 15 is 0 Å². The van der Waals surface area contributed by atoms with E-state index in [9.17, 15) is 0 Å². The molecule has 18 heavy (non-hydrogen) atoms. The second-order valence-electron chi connectivity index (χ2n) is 3.46. The van der Waals surface area contributed by atoms with Crippen molar-refractivity contribution < 1.29 is 9.47 Å². The van der Waals surface area contributed by atoms with Gasteiger partial charge < -0.3 is 9.47 Å². The highest BCUT2D eigenvalue weighted by molar-refractivity contribution is 6.76. The summed E-state index contributed by atoms with van der Waals surface area (Å²) in [5.74, 6) is 2.10. The van der Waals surface area contributed by atoms with Crippen LogP contribution in [0.5, 0.6) is 0 Å². The molecule has 0 spiro atoms. The minimum absolute atomic E-state index is 0.253. The van der Waals surface area contributed by atoms with Crippen molar-refractivity contribution in [2.75, 3.05) is 13.2 Å². The highest BCUT2D eigenvalue weighted by Gasteiger charge is 2.30. The first-order valence-electron chi connectivity index (χ1n) is 5.38. The Bertz CT molecular complexity index is 307. The third kappa shape index (κ3) is 8.66. The van der Waals surface area contributed by atoms with Crippen molar-refractivity contribution in [2.24, 2.45) is 0 Å². The van der Waals surface area contributed by atoms with Gasteiger partial charge in [0.05, 0.1) is 6.61 Å². The van der Waals surface area contributed by atoms with Crippen molar-refractivity contribution >= 4 is 40.7 Å². The first kappa shape index (κ1) is 17.6. The topological polar surface area (TPSA) is 42.3 Å². The average Bonchev–Trinajstić information content (AvgIpc) is 2.30. The van der Waals surface area contributed by atoms with Crippen LogP contribution in [0.4, 0.5) is 0 Å². The van der Waals surface area contributed by atoms with Crippen LogP contribution >= 0.6 is 34.8 Å². The van der Waals surface area contributed by atoms with Gasteiger partial charge >= 0.3 is 0 Å². The number of terminal acetylenes is 1. The first-order valence-corrected chi connectivity index (χ1v) is 6.51. The average molecular weight is 313 g/mol. The van der Waals surface area contributed by atoms with Gasteiger partial charge in [-0.3, -0.25) is 5.41 Å². The lowest BCUT2D eigenvalue weighted by molar-refractivity contribution is 0.0625. The fourth-order valence-corrected chi connectivity index (χ4v) is 1.13. The molecule has 0 heterocycles. The summed E-state index contributed by atoms with van der Waals surface area (Å²) in [6.07, 6.45) is 8.63. The number of alkyl halides is 3. The van der Waals surface area contributed by atoms with Crippen molar-refractivity contribution in [1.82, 2.24) is 0 Å². The highest BCUT2D eigenvalue weighted by Crippen LogP contribution is 2.28. The quantitative estimate of drug-likeness (QED) is 0.185. The summed E-state index contributed by atoms with van der Waals surface area (Å²) in [4.78, 5) is 0. The van der Waals surface area contributed by atoms with E-state index < -0.39 is 15.8 Å². The number of ether oxygens (including phenoxy) is 2. The summed E-state index contributed by atoms with van der Waals surface area (Å²) < 4.78 is 8.59. The summed E-state index contributed by atoms with van der Waals surface area (Å²) in [7, 11) is 0. The zero-order valence-electron chi connectivity index (χ0n) is 9.93. The normalized spacial score (nSPS) is 12.6. The van der Waals surface area contributed by atoms with Gasteiger partial charge in [0, 0.05) is 13.0 Å². The summed E-state index contributed by atoms with van der Waals surface area (Å²) in [6, 6.07) is 0. The first-order chi connectivity index (χ1) is 8.41. The van der Waals surface area contributed by atoms with E-state index in [1.54, 1.807) is 0 Å². The summed E-state index contributed by atoms with van der Waals surface area (Å²) >= 11 is 16.5. The molecule has 0 aromatic rings. The van der Waals surface area contributed by atoms with Gasteiger partial charge in [-0.2, -0.15) is 0 Å². The molecule has 6 heteroatoms. The fraction of sp³-hybridized carbons (Fsp3) is 0.583. The van der Waals surface area contributed by atoms with E-state index in [0.29, 0.717) is 6.61 Å². The zero-order valence-corrected chi connectivity index (χ0v) is 12.2. The molecule has 0 aromatic heterocycles. The Balaban J connectivity index is 3.82. The molecule has 102 valence electrons. The van der Waals surface area contributed by atoms with Crippen LogP contribution in [0.1, 0.15) is 19.3 Å². The van der Waals surface area contributed by atoms with Crippen LogP contribution in [0.25, 0.3) is 0 Å². The molecule has 0 aliphatic heterocycles. The maximum atomic E-state index is 7.40. The van der Waals surface area contributed by atoms with Gasteiger partial charge in [0.2, 0.25) is 5.90 Å². The van der Waals surface area contributed by atoms with Crippen molar-refractivity contribution in [3.63, 3.8) is 0 Å². The Morgan fingerprint density at radius 1 is 1.44 bits per heavy atom. The van der Waals surface area contributed by atoms with Gasteiger partial charge in [-0.05, 0) is 18.9 Å². The fourth-order valence-electron chi connectivity index (χ4n) is 0.999. The van der Waals surface area contributed by atoms with Crippen LogP contribution in [0, 0.1) is 17.8 Å². The maximum Gasteiger partial charge on any atom is 0.265 e. The molecule has 3 nitrogen and oxygen atoms in total. The predicted octanol–water partition coefficient (Wildman–Crippen LogP) is 3.73. The van der Waals surface area contributed by atoms with Crippen molar-refractivity contribution in [2.45, 2.75) is 29.2 Å². The van der Waals surface area contributed by atoms with Crippen LogP contribution in [0.3, 0.4) is 0 Å². The van der Waals surface area contributed by atoms with Gasteiger partial charge in [-0.15, -0.1) is 12.3 Å². The van der Waals surface area contributed by atoms with Gasteiger partial charge in [-0.25, -0.2) is 0 Å².